The molecule has 0 radical (unpaired) electrons. The lowest BCUT2D eigenvalue weighted by atomic mass is 10.1. The second-order valence-electron chi connectivity index (χ2n) is 6.50. The lowest BCUT2D eigenvalue weighted by Crippen LogP contribution is -2.13. The van der Waals surface area contributed by atoms with Crippen LogP contribution >= 0.6 is 11.3 Å². The molecule has 1 amide bonds. The fourth-order valence-electron chi connectivity index (χ4n) is 2.79. The first-order valence-electron chi connectivity index (χ1n) is 8.64. The summed E-state index contributed by atoms with van der Waals surface area (Å²) in [5.74, 6) is 0.0508. The largest absolute Gasteiger partial charge is 0.463 e. The second kappa shape index (κ2) is 7.01. The number of hydrogen-bond acceptors (Lipinski definition) is 7. The van der Waals surface area contributed by atoms with Gasteiger partial charge in [0.2, 0.25) is 0 Å². The molecule has 4 rings (SSSR count). The number of carbonyl (C=O) groups excluding carboxylic acids is 2. The molecule has 1 N–H and O–H groups in total. The molecule has 4 aromatic rings. The number of aromatic nitrogens is 4. The first kappa shape index (κ1) is 18.1. The Labute approximate surface area is 164 Å². The van der Waals surface area contributed by atoms with Gasteiger partial charge >= 0.3 is 0 Å². The van der Waals surface area contributed by atoms with Crippen LogP contribution in [0.5, 0.6) is 0 Å². The Kier molecular flexibility index (Phi) is 4.52. The van der Waals surface area contributed by atoms with Gasteiger partial charge in [0.05, 0.1) is 23.4 Å². The van der Waals surface area contributed by atoms with Crippen LogP contribution in [0, 0.1) is 0 Å². The summed E-state index contributed by atoms with van der Waals surface area (Å²) in [6.07, 6.45) is 3.19. The summed E-state index contributed by atoms with van der Waals surface area (Å²) in [7, 11) is 0. The van der Waals surface area contributed by atoms with Gasteiger partial charge in [0.15, 0.2) is 22.3 Å². The first-order valence-corrected chi connectivity index (χ1v) is 9.52. The molecule has 0 saturated heterocycles. The van der Waals surface area contributed by atoms with E-state index in [1.165, 1.54) is 18.3 Å². The molecular weight excluding hydrogens is 378 g/mol. The zero-order chi connectivity index (χ0) is 19.8. The number of nitrogens with zero attached hydrogens (tertiary/aromatic N) is 4. The number of amides is 1. The smallest absolute Gasteiger partial charge is 0.258 e. The number of anilines is 1. The maximum atomic E-state index is 13.0. The number of carbonyl (C=O) groups is 2. The monoisotopic (exact) mass is 395 g/mol. The molecule has 4 aromatic heterocycles. The molecule has 0 atom stereocenters. The summed E-state index contributed by atoms with van der Waals surface area (Å²) in [5.41, 5.74) is 1.86. The van der Waals surface area contributed by atoms with Crippen molar-refractivity contribution in [2.45, 2.75) is 26.8 Å². The van der Waals surface area contributed by atoms with E-state index in [0.717, 1.165) is 0 Å². The Morgan fingerprint density at radius 1 is 1.29 bits per heavy atom. The second-order valence-corrected chi connectivity index (χ2v) is 7.36. The van der Waals surface area contributed by atoms with Gasteiger partial charge in [-0.05, 0) is 32.0 Å². The van der Waals surface area contributed by atoms with Crippen LogP contribution in [0.25, 0.3) is 22.5 Å². The highest BCUT2D eigenvalue weighted by Crippen LogP contribution is 2.27. The molecule has 0 aromatic carbocycles. The van der Waals surface area contributed by atoms with E-state index in [1.807, 2.05) is 13.8 Å². The van der Waals surface area contributed by atoms with Crippen LogP contribution in [0.3, 0.4) is 0 Å². The van der Waals surface area contributed by atoms with Crippen LogP contribution in [0.15, 0.2) is 40.5 Å². The molecule has 4 heterocycles. The van der Waals surface area contributed by atoms with Gasteiger partial charge in [0.25, 0.3) is 5.91 Å². The normalized spacial score (nSPS) is 11.3. The fraction of sp³-hybridized carbons (Fsp3) is 0.211. The topological polar surface area (TPSA) is 103 Å². The van der Waals surface area contributed by atoms with E-state index in [2.05, 4.69) is 20.4 Å². The van der Waals surface area contributed by atoms with Crippen molar-refractivity contribution in [1.29, 1.82) is 0 Å². The van der Waals surface area contributed by atoms with Crippen molar-refractivity contribution in [3.8, 4) is 11.5 Å². The summed E-state index contributed by atoms with van der Waals surface area (Å²) in [5, 5.41) is 9.74. The minimum absolute atomic E-state index is 0.0739. The van der Waals surface area contributed by atoms with Crippen LogP contribution in [0.1, 0.15) is 47.7 Å². The van der Waals surface area contributed by atoms with E-state index in [0.29, 0.717) is 38.9 Å². The Balaban J connectivity index is 1.80. The van der Waals surface area contributed by atoms with Gasteiger partial charge in [-0.2, -0.15) is 5.10 Å². The van der Waals surface area contributed by atoms with E-state index in [9.17, 15) is 9.59 Å². The number of pyridine rings is 1. The van der Waals surface area contributed by atoms with Gasteiger partial charge in [-0.3, -0.25) is 14.9 Å². The average molecular weight is 395 g/mol. The van der Waals surface area contributed by atoms with Gasteiger partial charge in [0.1, 0.15) is 11.4 Å². The van der Waals surface area contributed by atoms with Crippen molar-refractivity contribution in [3.05, 3.63) is 47.3 Å². The summed E-state index contributed by atoms with van der Waals surface area (Å²) in [4.78, 5) is 33.2. The van der Waals surface area contributed by atoms with Crippen LogP contribution < -0.4 is 5.32 Å². The van der Waals surface area contributed by atoms with Crippen molar-refractivity contribution in [3.63, 3.8) is 0 Å². The number of rotatable bonds is 5. The molecule has 0 aliphatic heterocycles. The minimum atomic E-state index is -0.354. The van der Waals surface area contributed by atoms with Crippen molar-refractivity contribution in [1.82, 2.24) is 19.7 Å². The zero-order valence-electron chi connectivity index (χ0n) is 15.5. The Morgan fingerprint density at radius 2 is 2.11 bits per heavy atom. The highest BCUT2D eigenvalue weighted by Gasteiger charge is 2.20. The van der Waals surface area contributed by atoms with E-state index < -0.39 is 0 Å². The summed E-state index contributed by atoms with van der Waals surface area (Å²) in [6, 6.07) is 5.29. The SMILES string of the molecule is CC(=O)c1csc(NC(=O)c2cc(-c3ccco3)nc3c2cnn3C(C)C)n1. The van der Waals surface area contributed by atoms with Crippen LogP contribution in [0.2, 0.25) is 0 Å². The van der Waals surface area contributed by atoms with Gasteiger partial charge in [-0.25, -0.2) is 14.6 Å². The number of Topliss-reactive ketones (excluding diaryl/α,β-unsaturated/α-hetero) is 1. The Hall–Kier alpha value is -3.33. The van der Waals surface area contributed by atoms with Crippen molar-refractivity contribution in [2.75, 3.05) is 5.32 Å². The van der Waals surface area contributed by atoms with Crippen molar-refractivity contribution in [2.24, 2.45) is 0 Å². The average Bonchev–Trinajstić information content (AvgIpc) is 3.40. The molecule has 142 valence electrons. The molecule has 0 aliphatic carbocycles. The fourth-order valence-corrected chi connectivity index (χ4v) is 3.54. The summed E-state index contributed by atoms with van der Waals surface area (Å²) >= 11 is 1.20. The molecular formula is C19H17N5O3S. The van der Waals surface area contributed by atoms with Gasteiger partial charge < -0.3 is 4.42 Å². The lowest BCUT2D eigenvalue weighted by molar-refractivity contribution is 0.100. The maximum absolute atomic E-state index is 13.0. The highest BCUT2D eigenvalue weighted by molar-refractivity contribution is 7.14. The molecule has 28 heavy (non-hydrogen) atoms. The van der Waals surface area contributed by atoms with Crippen LogP contribution in [0.4, 0.5) is 5.13 Å². The first-order chi connectivity index (χ1) is 13.4. The van der Waals surface area contributed by atoms with Gasteiger partial charge in [-0.1, -0.05) is 0 Å². The van der Waals surface area contributed by atoms with Crippen LogP contribution in [-0.4, -0.2) is 31.4 Å². The third-order valence-electron chi connectivity index (χ3n) is 4.16. The maximum Gasteiger partial charge on any atom is 0.258 e. The van der Waals surface area contributed by atoms with Gasteiger partial charge in [0, 0.05) is 18.3 Å². The molecule has 0 aliphatic rings. The molecule has 8 nitrogen and oxygen atoms in total. The van der Waals surface area contributed by atoms with E-state index >= 15 is 0 Å². The molecule has 9 heteroatoms. The Bertz CT molecular complexity index is 1170. The van der Waals surface area contributed by atoms with Crippen molar-refractivity contribution >= 4 is 39.2 Å². The Morgan fingerprint density at radius 3 is 2.75 bits per heavy atom. The number of nitrogens with one attached hydrogen (secondary N) is 1. The number of fused-ring (bicyclic) bond motifs is 1. The third-order valence-corrected chi connectivity index (χ3v) is 4.92. The number of furan rings is 1. The predicted molar refractivity (Wildman–Crippen MR) is 106 cm³/mol. The molecule has 0 saturated carbocycles. The third kappa shape index (κ3) is 3.20. The molecule has 0 fully saturated rings. The van der Waals surface area contributed by atoms with E-state index in [4.69, 9.17) is 4.42 Å². The summed E-state index contributed by atoms with van der Waals surface area (Å²) < 4.78 is 7.22. The molecule has 0 unspecified atom stereocenters. The number of thiazole rings is 1. The molecule has 0 spiro atoms. The quantitative estimate of drug-likeness (QED) is 0.508. The number of ketones is 1. The van der Waals surface area contributed by atoms with Crippen LogP contribution in [-0.2, 0) is 0 Å². The molecule has 0 bridgehead atoms. The standard InChI is InChI=1S/C19H17N5O3S/c1-10(2)24-17-13(8-20-24)12(7-14(21-17)16-5-4-6-27-16)18(26)23-19-22-15(9-28-19)11(3)25/h4-10H,1-3H3,(H,22,23,26). The predicted octanol–water partition coefficient (Wildman–Crippen LogP) is 4.18. The summed E-state index contributed by atoms with van der Waals surface area (Å²) in [6.45, 7) is 5.42. The number of hydrogen-bond donors (Lipinski definition) is 1. The lowest BCUT2D eigenvalue weighted by Gasteiger charge is -2.09. The van der Waals surface area contributed by atoms with E-state index in [1.54, 1.807) is 40.7 Å². The highest BCUT2D eigenvalue weighted by atomic mass is 32.1. The zero-order valence-corrected chi connectivity index (χ0v) is 16.3. The minimum Gasteiger partial charge on any atom is -0.463 e. The van der Waals surface area contributed by atoms with Crippen molar-refractivity contribution < 1.29 is 14.0 Å². The van der Waals surface area contributed by atoms with Gasteiger partial charge in [-0.15, -0.1) is 11.3 Å². The van der Waals surface area contributed by atoms with E-state index in [-0.39, 0.29) is 17.7 Å².